The molecule has 0 aliphatic carbocycles. The van der Waals surface area contributed by atoms with Gasteiger partial charge in [-0.25, -0.2) is 0 Å². The van der Waals surface area contributed by atoms with Crippen LogP contribution in [-0.2, 0) is 33.4 Å². The fourth-order valence-electron chi connectivity index (χ4n) is 7.37. The highest BCUT2D eigenvalue weighted by Gasteiger charge is 2.20. The van der Waals surface area contributed by atoms with E-state index in [1.54, 1.807) is 0 Å². The first kappa shape index (κ1) is 59.7. The number of esters is 2. The van der Waals surface area contributed by atoms with Gasteiger partial charge in [0.05, 0.1) is 45.9 Å². The van der Waals surface area contributed by atoms with Crippen LogP contribution in [0.1, 0.15) is 194 Å². The van der Waals surface area contributed by atoms with Crippen molar-refractivity contribution in [1.29, 1.82) is 0 Å². The second-order valence-corrected chi connectivity index (χ2v) is 17.2. The van der Waals surface area contributed by atoms with E-state index in [-0.39, 0.29) is 59.0 Å². The van der Waals surface area contributed by atoms with Gasteiger partial charge in [-0.3, -0.25) is 38.7 Å². The molecule has 13 nitrogen and oxygen atoms in total. The number of nitrogens with zero attached hydrogens (tertiary/aromatic N) is 3. The third kappa shape index (κ3) is 45.1. The number of allylic oxidation sites excluding steroid dienone is 4. The summed E-state index contributed by atoms with van der Waals surface area (Å²) in [6.07, 6.45) is 42.2. The molecule has 0 aromatic rings. The molecule has 0 unspecified atom stereocenters. The number of rotatable bonds is 48. The highest BCUT2D eigenvalue weighted by Crippen LogP contribution is 2.12. The lowest BCUT2D eigenvalue weighted by molar-refractivity contribution is -0.148. The van der Waals surface area contributed by atoms with Crippen LogP contribution in [0.5, 0.6) is 0 Å². The van der Waals surface area contributed by atoms with Crippen LogP contribution in [0.25, 0.3) is 0 Å². The Morgan fingerprint density at radius 2 is 0.603 bits per heavy atom. The van der Waals surface area contributed by atoms with E-state index in [1.165, 1.54) is 130 Å². The predicted octanol–water partition coefficient (Wildman–Crippen LogP) is 10.3. The van der Waals surface area contributed by atoms with Gasteiger partial charge >= 0.3 is 29.8 Å². The van der Waals surface area contributed by atoms with E-state index in [4.69, 9.17) is 9.47 Å². The molecule has 0 aliphatic rings. The summed E-state index contributed by atoms with van der Waals surface area (Å²) in [5, 5.41) is 28.5. The lowest BCUT2D eigenvalue weighted by Crippen LogP contribution is -2.45. The molecule has 0 saturated carbocycles. The van der Waals surface area contributed by atoms with Crippen molar-refractivity contribution in [2.24, 2.45) is 0 Å². The molecule has 0 rings (SSSR count). The van der Waals surface area contributed by atoms with Crippen LogP contribution in [0.4, 0.5) is 0 Å². The number of carboxylic acid groups (broad SMARTS) is 3. The number of hydrogen-bond acceptors (Lipinski definition) is 10. The minimum Gasteiger partial charge on any atom is -0.480 e. The second-order valence-electron chi connectivity index (χ2n) is 17.2. The maximum absolute atomic E-state index is 12.6. The molecular weight excluding hydrogens is 803 g/mol. The van der Waals surface area contributed by atoms with Crippen molar-refractivity contribution in [1.82, 2.24) is 14.7 Å². The van der Waals surface area contributed by atoms with Crippen molar-refractivity contribution in [3.05, 3.63) is 24.3 Å². The van der Waals surface area contributed by atoms with Crippen LogP contribution >= 0.6 is 0 Å². The summed E-state index contributed by atoms with van der Waals surface area (Å²) < 4.78 is 10.8. The molecule has 0 atom stereocenters. The lowest BCUT2D eigenvalue weighted by Gasteiger charge is -2.27. The SMILES string of the molecule is CCCCCCCCC=CCCCCCCCCOC(=O)CN(CCN(CCN(CC(=O)O)CC(=O)OCCCCCCCCC=CCCCCCCCC)CC(=O)O)CC(=O)O. The highest BCUT2D eigenvalue weighted by atomic mass is 16.5. The van der Waals surface area contributed by atoms with E-state index in [9.17, 15) is 39.3 Å². The Balaban J connectivity index is 4.42. The molecule has 0 spiro atoms. The van der Waals surface area contributed by atoms with Crippen LogP contribution in [-0.4, -0.2) is 132 Å². The standard InChI is InChI=1S/C50H91N3O10/c1-3-5-7-9-11-13-15-17-19-21-23-25-27-29-31-33-39-62-49(60)44-52(42-47(56)57)37-35-51(41-46(54)55)36-38-53(43-48(58)59)45-50(61)63-40-34-32-30-28-26-24-22-20-18-16-14-12-10-8-6-4-2/h17-20H,3-16,21-45H2,1-2H3,(H,54,55)(H,56,57)(H,58,59). The van der Waals surface area contributed by atoms with Crippen LogP contribution in [0.2, 0.25) is 0 Å². The van der Waals surface area contributed by atoms with E-state index < -0.39 is 42.9 Å². The molecule has 3 N–H and O–H groups in total. The molecule has 0 heterocycles. The Hall–Kier alpha value is -3.29. The van der Waals surface area contributed by atoms with Gasteiger partial charge in [0.1, 0.15) is 0 Å². The summed E-state index contributed by atoms with van der Waals surface area (Å²) >= 11 is 0. The monoisotopic (exact) mass is 894 g/mol. The Labute approximate surface area is 382 Å². The first-order valence-corrected chi connectivity index (χ1v) is 25.0. The van der Waals surface area contributed by atoms with Gasteiger partial charge in [0.25, 0.3) is 0 Å². The Morgan fingerprint density at radius 3 is 0.905 bits per heavy atom. The predicted molar refractivity (Wildman–Crippen MR) is 253 cm³/mol. The molecule has 0 aromatic heterocycles. The minimum absolute atomic E-state index is 0.0697. The van der Waals surface area contributed by atoms with Crippen LogP contribution < -0.4 is 0 Å². The van der Waals surface area contributed by atoms with Crippen molar-refractivity contribution < 1.29 is 48.8 Å². The van der Waals surface area contributed by atoms with E-state index in [0.29, 0.717) is 0 Å². The van der Waals surface area contributed by atoms with Gasteiger partial charge in [0.15, 0.2) is 0 Å². The topological polar surface area (TPSA) is 174 Å². The number of carbonyl (C=O) groups excluding carboxylic acids is 2. The molecular formula is C50H91N3O10. The zero-order chi connectivity index (χ0) is 46.4. The average molecular weight is 894 g/mol. The number of aliphatic carboxylic acids is 3. The number of hydrogen-bond donors (Lipinski definition) is 3. The normalized spacial score (nSPS) is 11.8. The van der Waals surface area contributed by atoms with Crippen LogP contribution in [0.15, 0.2) is 24.3 Å². The third-order valence-electron chi connectivity index (χ3n) is 11.1. The first-order valence-electron chi connectivity index (χ1n) is 25.0. The maximum Gasteiger partial charge on any atom is 0.320 e. The lowest BCUT2D eigenvalue weighted by atomic mass is 10.1. The molecule has 0 aromatic carbocycles. The molecule has 63 heavy (non-hydrogen) atoms. The van der Waals surface area contributed by atoms with Gasteiger partial charge in [0.2, 0.25) is 0 Å². The van der Waals surface area contributed by atoms with Crippen molar-refractivity contribution in [3.63, 3.8) is 0 Å². The van der Waals surface area contributed by atoms with Gasteiger partial charge in [-0.2, -0.15) is 0 Å². The second kappa shape index (κ2) is 45.3. The molecule has 0 bridgehead atoms. The summed E-state index contributed by atoms with van der Waals surface area (Å²) in [5.41, 5.74) is 0. The number of unbranched alkanes of at least 4 members (excludes halogenated alkanes) is 24. The first-order chi connectivity index (χ1) is 30.6. The van der Waals surface area contributed by atoms with E-state index in [2.05, 4.69) is 38.2 Å². The fraction of sp³-hybridized carbons (Fsp3) is 0.820. The Morgan fingerprint density at radius 1 is 0.349 bits per heavy atom. The summed E-state index contributed by atoms with van der Waals surface area (Å²) in [7, 11) is 0. The smallest absolute Gasteiger partial charge is 0.320 e. The maximum atomic E-state index is 12.6. The van der Waals surface area contributed by atoms with E-state index in [1.807, 2.05) is 0 Å². The average Bonchev–Trinajstić information content (AvgIpc) is 3.23. The van der Waals surface area contributed by atoms with Gasteiger partial charge in [-0.05, 0) is 64.2 Å². The largest absolute Gasteiger partial charge is 0.480 e. The molecule has 0 amide bonds. The molecule has 0 saturated heterocycles. The van der Waals surface area contributed by atoms with Gasteiger partial charge < -0.3 is 24.8 Å². The zero-order valence-corrected chi connectivity index (χ0v) is 39.9. The molecule has 13 heteroatoms. The molecule has 0 radical (unpaired) electrons. The van der Waals surface area contributed by atoms with E-state index >= 15 is 0 Å². The number of carbonyl (C=O) groups is 5. The highest BCUT2D eigenvalue weighted by molar-refractivity contribution is 5.74. The molecule has 0 aliphatic heterocycles. The summed E-state index contributed by atoms with van der Waals surface area (Å²) in [6, 6.07) is 0. The van der Waals surface area contributed by atoms with Gasteiger partial charge in [-0.15, -0.1) is 0 Å². The number of ether oxygens (including phenoxy) is 2. The van der Waals surface area contributed by atoms with Gasteiger partial charge in [-0.1, -0.05) is 154 Å². The van der Waals surface area contributed by atoms with Gasteiger partial charge in [0, 0.05) is 26.2 Å². The van der Waals surface area contributed by atoms with Crippen LogP contribution in [0, 0.1) is 0 Å². The van der Waals surface area contributed by atoms with Crippen molar-refractivity contribution in [2.45, 2.75) is 194 Å². The molecule has 0 fully saturated rings. The van der Waals surface area contributed by atoms with Crippen molar-refractivity contribution in [2.75, 3.05) is 72.1 Å². The summed E-state index contributed by atoms with van der Waals surface area (Å²) in [4.78, 5) is 64.3. The zero-order valence-electron chi connectivity index (χ0n) is 39.9. The minimum atomic E-state index is -1.13. The molecule has 366 valence electrons. The Kier molecular flexibility index (Phi) is 42.9. The number of carboxylic acids is 3. The third-order valence-corrected chi connectivity index (χ3v) is 11.1. The quantitative estimate of drug-likeness (QED) is 0.0299. The Bertz CT molecular complexity index is 1110. The van der Waals surface area contributed by atoms with E-state index in [0.717, 1.165) is 64.2 Å². The van der Waals surface area contributed by atoms with Crippen molar-refractivity contribution >= 4 is 29.8 Å². The van der Waals surface area contributed by atoms with Crippen molar-refractivity contribution in [3.8, 4) is 0 Å². The fourth-order valence-corrected chi connectivity index (χ4v) is 7.37. The summed E-state index contributed by atoms with van der Waals surface area (Å²) in [6.45, 7) is 3.57. The van der Waals surface area contributed by atoms with Crippen LogP contribution in [0.3, 0.4) is 0 Å². The summed E-state index contributed by atoms with van der Waals surface area (Å²) in [5.74, 6) is -4.47.